The van der Waals surface area contributed by atoms with Crippen molar-refractivity contribution in [2.24, 2.45) is 0 Å². The van der Waals surface area contributed by atoms with Crippen LogP contribution in [-0.4, -0.2) is 15.1 Å². The van der Waals surface area contributed by atoms with E-state index >= 15 is 0 Å². The molecule has 0 aliphatic carbocycles. The van der Waals surface area contributed by atoms with Gasteiger partial charge >= 0.3 is 0 Å². The summed E-state index contributed by atoms with van der Waals surface area (Å²) in [5, 5.41) is 31.7. The highest BCUT2D eigenvalue weighted by molar-refractivity contribution is 5.59. The van der Waals surface area contributed by atoms with E-state index in [1.54, 1.807) is 0 Å². The highest BCUT2D eigenvalue weighted by atomic mass is 16.6. The van der Waals surface area contributed by atoms with Crippen molar-refractivity contribution in [2.75, 3.05) is 0 Å². The lowest BCUT2D eigenvalue weighted by atomic mass is 9.93. The molecule has 0 unspecified atom stereocenters. The van der Waals surface area contributed by atoms with Gasteiger partial charge < -0.3 is 10.2 Å². The zero-order valence-electron chi connectivity index (χ0n) is 17.1. The van der Waals surface area contributed by atoms with Gasteiger partial charge in [-0.25, -0.2) is 0 Å². The van der Waals surface area contributed by atoms with Gasteiger partial charge in [-0.15, -0.1) is 0 Å². The summed E-state index contributed by atoms with van der Waals surface area (Å²) in [7, 11) is 0. The number of nitro benzene ring substituents is 1. The van der Waals surface area contributed by atoms with Crippen LogP contribution >= 0.6 is 0 Å². The second-order valence-electron chi connectivity index (χ2n) is 7.51. The van der Waals surface area contributed by atoms with Crippen LogP contribution in [0, 0.1) is 10.1 Å². The summed E-state index contributed by atoms with van der Waals surface area (Å²) in [6.45, 7) is 4.36. The molecule has 0 aliphatic heterocycles. The maximum atomic E-state index is 11.5. The van der Waals surface area contributed by atoms with Crippen molar-refractivity contribution in [3.8, 4) is 11.5 Å². The number of rotatable bonds is 15. The lowest BCUT2D eigenvalue weighted by molar-refractivity contribution is -0.385. The minimum atomic E-state index is -0.434. The summed E-state index contributed by atoms with van der Waals surface area (Å²) >= 11 is 0. The minimum absolute atomic E-state index is 0.0557. The Morgan fingerprint density at radius 3 is 1.70 bits per heavy atom. The van der Waals surface area contributed by atoms with Gasteiger partial charge in [0.25, 0.3) is 5.69 Å². The van der Waals surface area contributed by atoms with E-state index in [-0.39, 0.29) is 17.2 Å². The summed E-state index contributed by atoms with van der Waals surface area (Å²) in [4.78, 5) is 11.0. The third-order valence-corrected chi connectivity index (χ3v) is 5.23. The first-order chi connectivity index (χ1) is 13.0. The Labute approximate surface area is 164 Å². The Bertz CT molecular complexity index is 572. The van der Waals surface area contributed by atoms with Crippen molar-refractivity contribution in [1.29, 1.82) is 0 Å². The lowest BCUT2D eigenvalue weighted by Crippen LogP contribution is -2.03. The Morgan fingerprint density at radius 1 is 0.778 bits per heavy atom. The van der Waals surface area contributed by atoms with Crippen LogP contribution in [0.2, 0.25) is 0 Å². The topological polar surface area (TPSA) is 83.6 Å². The maximum Gasteiger partial charge on any atom is 0.276 e. The van der Waals surface area contributed by atoms with Crippen molar-refractivity contribution in [3.63, 3.8) is 0 Å². The predicted molar refractivity (Wildman–Crippen MR) is 111 cm³/mol. The number of phenolic OH excluding ortho intramolecular Hbond substituents is 2. The van der Waals surface area contributed by atoms with Crippen molar-refractivity contribution >= 4 is 5.69 Å². The van der Waals surface area contributed by atoms with E-state index in [1.807, 2.05) is 0 Å². The quantitative estimate of drug-likeness (QED) is 0.152. The minimum Gasteiger partial charge on any atom is -0.504 e. The van der Waals surface area contributed by atoms with E-state index in [2.05, 4.69) is 13.8 Å². The van der Waals surface area contributed by atoms with Crippen LogP contribution in [0.15, 0.2) is 6.07 Å². The van der Waals surface area contributed by atoms with Crippen LogP contribution in [0.25, 0.3) is 0 Å². The molecule has 0 atom stereocenters. The molecule has 1 aromatic rings. The molecule has 0 bridgehead atoms. The molecule has 0 radical (unpaired) electrons. The fraction of sp³-hybridized carbons (Fsp3) is 0.727. The molecular formula is C22H37NO4. The molecule has 1 aromatic carbocycles. The molecule has 0 saturated carbocycles. The third kappa shape index (κ3) is 8.19. The average Bonchev–Trinajstić information content (AvgIpc) is 2.64. The zero-order chi connectivity index (χ0) is 20.1. The number of nitrogens with zero attached hydrogens (tertiary/aromatic N) is 1. The van der Waals surface area contributed by atoms with Crippen LogP contribution in [-0.2, 0) is 12.8 Å². The first kappa shape index (κ1) is 23.3. The summed E-state index contributed by atoms with van der Waals surface area (Å²) in [5.74, 6) is -0.551. The van der Waals surface area contributed by atoms with Gasteiger partial charge in [0.1, 0.15) is 0 Å². The zero-order valence-corrected chi connectivity index (χ0v) is 17.1. The van der Waals surface area contributed by atoms with Gasteiger partial charge in [-0.1, -0.05) is 78.1 Å². The fourth-order valence-corrected chi connectivity index (χ4v) is 3.61. The largest absolute Gasteiger partial charge is 0.504 e. The van der Waals surface area contributed by atoms with Gasteiger partial charge in [0.05, 0.1) is 11.0 Å². The summed E-state index contributed by atoms with van der Waals surface area (Å²) in [6.07, 6.45) is 14.5. The number of hydrogen-bond acceptors (Lipinski definition) is 4. The Hall–Kier alpha value is -1.78. The monoisotopic (exact) mass is 379 g/mol. The second kappa shape index (κ2) is 13.4. The second-order valence-corrected chi connectivity index (χ2v) is 7.51. The molecule has 0 amide bonds. The number of hydrogen-bond donors (Lipinski definition) is 2. The molecule has 0 aliphatic rings. The number of benzene rings is 1. The first-order valence-electron chi connectivity index (χ1n) is 10.7. The smallest absolute Gasteiger partial charge is 0.276 e. The third-order valence-electron chi connectivity index (χ3n) is 5.23. The van der Waals surface area contributed by atoms with Crippen molar-refractivity contribution < 1.29 is 15.1 Å². The van der Waals surface area contributed by atoms with Crippen LogP contribution < -0.4 is 0 Å². The van der Waals surface area contributed by atoms with Crippen LogP contribution in [0.1, 0.15) is 102 Å². The molecule has 0 heterocycles. The number of phenols is 2. The molecule has 2 N–H and O–H groups in total. The number of nitro groups is 1. The fourth-order valence-electron chi connectivity index (χ4n) is 3.61. The van der Waals surface area contributed by atoms with Gasteiger partial charge in [0.15, 0.2) is 11.5 Å². The molecule has 0 aromatic heterocycles. The molecule has 1 rings (SSSR count). The van der Waals surface area contributed by atoms with Gasteiger partial charge in [-0.3, -0.25) is 10.1 Å². The SMILES string of the molecule is CCCCCCCCc1c([N+](=O)[O-])cc(O)c(O)c1CCCCCCCC. The highest BCUT2D eigenvalue weighted by Crippen LogP contribution is 2.39. The molecular weight excluding hydrogens is 342 g/mol. The van der Waals surface area contributed by atoms with Gasteiger partial charge in [0.2, 0.25) is 0 Å². The van der Waals surface area contributed by atoms with E-state index in [4.69, 9.17) is 0 Å². The van der Waals surface area contributed by atoms with Gasteiger partial charge in [-0.05, 0) is 25.7 Å². The number of aromatic hydroxyl groups is 2. The molecule has 0 saturated heterocycles. The van der Waals surface area contributed by atoms with Crippen LogP contribution in [0.3, 0.4) is 0 Å². The Balaban J connectivity index is 2.79. The molecule has 5 nitrogen and oxygen atoms in total. The van der Waals surface area contributed by atoms with Crippen LogP contribution in [0.4, 0.5) is 5.69 Å². The van der Waals surface area contributed by atoms with Gasteiger partial charge in [-0.2, -0.15) is 0 Å². The Kier molecular flexibility index (Phi) is 11.5. The van der Waals surface area contributed by atoms with E-state index < -0.39 is 4.92 Å². The van der Waals surface area contributed by atoms with Crippen molar-refractivity contribution in [1.82, 2.24) is 0 Å². The molecule has 154 valence electrons. The molecule has 0 spiro atoms. The normalized spacial score (nSPS) is 11.0. The summed E-state index contributed by atoms with van der Waals surface area (Å²) in [5.41, 5.74) is 1.13. The molecule has 5 heteroatoms. The van der Waals surface area contributed by atoms with Crippen molar-refractivity contribution in [3.05, 3.63) is 27.3 Å². The Morgan fingerprint density at radius 2 is 1.22 bits per heavy atom. The summed E-state index contributed by atoms with van der Waals surface area (Å²) in [6, 6.07) is 1.10. The van der Waals surface area contributed by atoms with Gasteiger partial charge in [0, 0.05) is 11.1 Å². The van der Waals surface area contributed by atoms with E-state index in [9.17, 15) is 20.3 Å². The van der Waals surface area contributed by atoms with Crippen LogP contribution in [0.5, 0.6) is 11.5 Å². The maximum absolute atomic E-state index is 11.5. The molecule has 0 fully saturated rings. The summed E-state index contributed by atoms with van der Waals surface area (Å²) < 4.78 is 0. The first-order valence-corrected chi connectivity index (χ1v) is 10.7. The average molecular weight is 380 g/mol. The lowest BCUT2D eigenvalue weighted by Gasteiger charge is -2.14. The van der Waals surface area contributed by atoms with E-state index in [1.165, 1.54) is 38.5 Å². The highest BCUT2D eigenvalue weighted by Gasteiger charge is 2.23. The van der Waals surface area contributed by atoms with E-state index in [0.29, 0.717) is 24.0 Å². The molecule has 27 heavy (non-hydrogen) atoms. The standard InChI is InChI=1S/C22H37NO4/c1-3-5-7-9-11-13-15-18-19(16-14-12-10-8-6-4-2)22(25)21(24)17-20(18)23(26)27/h17,24-25H,3-16H2,1-2H3. The predicted octanol–water partition coefficient (Wildman–Crippen LogP) is 6.81. The van der Waals surface area contributed by atoms with E-state index in [0.717, 1.165) is 44.6 Å². The number of unbranched alkanes of at least 4 members (excludes halogenated alkanes) is 10. The van der Waals surface area contributed by atoms with Crippen molar-refractivity contribution in [2.45, 2.75) is 104 Å².